The maximum Gasteiger partial charge on any atom is 0.123 e. The molecule has 3 unspecified atom stereocenters. The number of fused-ring (bicyclic) bond motifs is 2. The third-order valence-corrected chi connectivity index (χ3v) is 7.48. The Morgan fingerprint density at radius 2 is 2.00 bits per heavy atom. The fraction of sp³-hybridized carbons (Fsp3) is 0.360. The van der Waals surface area contributed by atoms with E-state index in [1.165, 1.54) is 17.7 Å². The Morgan fingerprint density at radius 1 is 1.19 bits per heavy atom. The van der Waals surface area contributed by atoms with E-state index in [4.69, 9.17) is 0 Å². The molecule has 2 aliphatic rings. The maximum absolute atomic E-state index is 13.4. The number of aromatic nitrogens is 3. The third-order valence-electron chi connectivity index (χ3n) is 7.48. The van der Waals surface area contributed by atoms with Gasteiger partial charge in [-0.1, -0.05) is 18.6 Å². The number of pyridine rings is 1. The normalized spacial score (nSPS) is 25.6. The van der Waals surface area contributed by atoms with Crippen LogP contribution >= 0.6 is 0 Å². The Bertz CT molecular complexity index is 1130. The van der Waals surface area contributed by atoms with Crippen LogP contribution in [-0.2, 0) is 6.42 Å². The summed E-state index contributed by atoms with van der Waals surface area (Å²) in [5.41, 5.74) is 4.12. The second-order valence-electron chi connectivity index (χ2n) is 9.03. The predicted octanol–water partition coefficient (Wildman–Crippen LogP) is 4.25. The first kappa shape index (κ1) is 20.1. The van der Waals surface area contributed by atoms with Gasteiger partial charge in [-0.05, 0) is 73.7 Å². The molecule has 31 heavy (non-hydrogen) atoms. The van der Waals surface area contributed by atoms with E-state index < -0.39 is 11.5 Å². The van der Waals surface area contributed by atoms with Gasteiger partial charge in [0.25, 0.3) is 0 Å². The van der Waals surface area contributed by atoms with Crippen LogP contribution < -0.4 is 0 Å². The molecule has 0 spiro atoms. The molecule has 5 rings (SSSR count). The molecular weight excluding hydrogens is 393 g/mol. The molecule has 160 valence electrons. The summed E-state index contributed by atoms with van der Waals surface area (Å²) in [6.45, 7) is 2.21. The van der Waals surface area contributed by atoms with E-state index in [0.29, 0.717) is 12.1 Å². The maximum atomic E-state index is 13.4. The Labute approximate surface area is 180 Å². The van der Waals surface area contributed by atoms with Crippen molar-refractivity contribution in [2.45, 2.75) is 38.7 Å². The van der Waals surface area contributed by atoms with E-state index >= 15 is 0 Å². The van der Waals surface area contributed by atoms with Crippen molar-refractivity contribution in [3.8, 4) is 5.69 Å². The molecule has 2 N–H and O–H groups in total. The van der Waals surface area contributed by atoms with E-state index in [1.807, 2.05) is 29.1 Å². The highest BCUT2D eigenvalue weighted by atomic mass is 19.1. The number of benzene rings is 1. The lowest BCUT2D eigenvalue weighted by molar-refractivity contribution is -0.0149. The highest BCUT2D eigenvalue weighted by molar-refractivity contribution is 5.62. The minimum Gasteiger partial charge on any atom is -0.396 e. The second kappa shape index (κ2) is 7.39. The van der Waals surface area contributed by atoms with Crippen molar-refractivity contribution >= 4 is 6.08 Å². The summed E-state index contributed by atoms with van der Waals surface area (Å²) >= 11 is 0. The number of halogens is 1. The van der Waals surface area contributed by atoms with Gasteiger partial charge in [0, 0.05) is 23.6 Å². The van der Waals surface area contributed by atoms with E-state index in [-0.39, 0.29) is 17.8 Å². The summed E-state index contributed by atoms with van der Waals surface area (Å²) in [6, 6.07) is 11.9. The monoisotopic (exact) mass is 419 g/mol. The highest BCUT2D eigenvalue weighted by Gasteiger charge is 2.56. The molecule has 3 aromatic rings. The zero-order valence-corrected chi connectivity index (χ0v) is 17.5. The number of allylic oxidation sites excluding steroid dienone is 1. The van der Waals surface area contributed by atoms with E-state index in [2.05, 4.69) is 23.1 Å². The van der Waals surface area contributed by atoms with Gasteiger partial charge in [-0.25, -0.2) is 9.07 Å². The van der Waals surface area contributed by atoms with Gasteiger partial charge in [0.05, 0.1) is 29.4 Å². The summed E-state index contributed by atoms with van der Waals surface area (Å²) in [5, 5.41) is 26.0. The summed E-state index contributed by atoms with van der Waals surface area (Å²) in [7, 11) is 0. The van der Waals surface area contributed by atoms with Gasteiger partial charge in [0.2, 0.25) is 0 Å². The summed E-state index contributed by atoms with van der Waals surface area (Å²) in [5.74, 6) is -0.273. The molecule has 0 radical (unpaired) electrons. The lowest BCUT2D eigenvalue weighted by Gasteiger charge is -2.46. The van der Waals surface area contributed by atoms with Crippen molar-refractivity contribution in [1.29, 1.82) is 0 Å². The highest BCUT2D eigenvalue weighted by Crippen LogP contribution is 2.62. The number of hydrogen-bond acceptors (Lipinski definition) is 4. The molecular formula is C25H26FN3O2. The van der Waals surface area contributed by atoms with Gasteiger partial charge >= 0.3 is 0 Å². The first-order chi connectivity index (χ1) is 15.0. The number of hydrogen-bond donors (Lipinski definition) is 2. The zero-order chi connectivity index (χ0) is 21.6. The Morgan fingerprint density at radius 3 is 2.71 bits per heavy atom. The average molecular weight is 420 g/mol. The van der Waals surface area contributed by atoms with Gasteiger partial charge in [-0.3, -0.25) is 4.98 Å². The molecule has 0 amide bonds. The molecule has 1 fully saturated rings. The van der Waals surface area contributed by atoms with Crippen molar-refractivity contribution in [2.24, 2.45) is 10.8 Å². The summed E-state index contributed by atoms with van der Waals surface area (Å²) in [6.07, 6.45) is 7.87. The van der Waals surface area contributed by atoms with Gasteiger partial charge in [-0.15, -0.1) is 0 Å². The van der Waals surface area contributed by atoms with E-state index in [0.717, 1.165) is 36.2 Å². The molecule has 0 aliphatic heterocycles. The lowest BCUT2D eigenvalue weighted by atomic mass is 9.59. The smallest absolute Gasteiger partial charge is 0.123 e. The third kappa shape index (κ3) is 3.13. The van der Waals surface area contributed by atoms with Crippen LogP contribution in [-0.4, -0.2) is 31.6 Å². The Kier molecular flexibility index (Phi) is 4.79. The van der Waals surface area contributed by atoms with Gasteiger partial charge < -0.3 is 10.2 Å². The molecule has 1 aromatic carbocycles. The summed E-state index contributed by atoms with van der Waals surface area (Å²) < 4.78 is 15.2. The van der Waals surface area contributed by atoms with Crippen molar-refractivity contribution in [1.82, 2.24) is 14.8 Å². The quantitative estimate of drug-likeness (QED) is 0.649. The van der Waals surface area contributed by atoms with Crippen LogP contribution in [0.1, 0.15) is 49.2 Å². The minimum atomic E-state index is -0.729. The van der Waals surface area contributed by atoms with Crippen molar-refractivity contribution in [3.63, 3.8) is 0 Å². The topological polar surface area (TPSA) is 71.2 Å². The lowest BCUT2D eigenvalue weighted by Crippen LogP contribution is -2.43. The molecule has 2 heterocycles. The van der Waals surface area contributed by atoms with Gasteiger partial charge in [-0.2, -0.15) is 5.10 Å². The van der Waals surface area contributed by atoms with Crippen LogP contribution in [0.15, 0.2) is 60.4 Å². The standard InChI is InChI=1S/C25H26FN3O2/c1-24-13-17-15-28-29(20-7-5-19(26)6-8-20)22(17)12-18(24)9-10-25(24,16-30)14-23(31)21-4-2-3-11-27-21/h2-8,11-12,15,23,30-31H,9-10,13-14,16H2,1H3. The van der Waals surface area contributed by atoms with Gasteiger partial charge in [0.1, 0.15) is 5.82 Å². The molecule has 6 heteroatoms. The number of nitrogens with zero attached hydrogens (tertiary/aromatic N) is 3. The molecule has 0 bridgehead atoms. The van der Waals surface area contributed by atoms with Gasteiger partial charge in [0.15, 0.2) is 0 Å². The fourth-order valence-electron chi connectivity index (χ4n) is 5.51. The van der Waals surface area contributed by atoms with Crippen LogP contribution in [0.25, 0.3) is 11.8 Å². The van der Waals surface area contributed by atoms with Crippen molar-refractivity contribution in [2.75, 3.05) is 6.61 Å². The molecule has 0 saturated heterocycles. The molecule has 5 nitrogen and oxygen atoms in total. The van der Waals surface area contributed by atoms with Crippen molar-refractivity contribution < 1.29 is 14.6 Å². The van der Waals surface area contributed by atoms with E-state index in [1.54, 1.807) is 18.3 Å². The molecule has 2 aromatic heterocycles. The number of aliphatic hydroxyl groups is 2. The largest absolute Gasteiger partial charge is 0.396 e. The SMILES string of the molecule is CC12Cc3cnn(-c4ccc(F)cc4)c3C=C1CCC2(CO)CC(O)c1ccccn1. The summed E-state index contributed by atoms with van der Waals surface area (Å²) in [4.78, 5) is 4.31. The Balaban J connectivity index is 1.50. The molecule has 2 aliphatic carbocycles. The van der Waals surface area contributed by atoms with Crippen LogP contribution in [0.4, 0.5) is 4.39 Å². The second-order valence-corrected chi connectivity index (χ2v) is 9.03. The molecule has 1 saturated carbocycles. The molecule has 3 atom stereocenters. The van der Waals surface area contributed by atoms with Crippen LogP contribution in [0.2, 0.25) is 0 Å². The first-order valence-corrected chi connectivity index (χ1v) is 10.7. The minimum absolute atomic E-state index is 0.00612. The first-order valence-electron chi connectivity index (χ1n) is 10.7. The van der Waals surface area contributed by atoms with Crippen LogP contribution in [0, 0.1) is 16.6 Å². The van der Waals surface area contributed by atoms with Crippen LogP contribution in [0.3, 0.4) is 0 Å². The zero-order valence-electron chi connectivity index (χ0n) is 17.5. The average Bonchev–Trinajstić information content (AvgIpc) is 3.31. The number of rotatable bonds is 5. The fourth-order valence-corrected chi connectivity index (χ4v) is 5.51. The number of aliphatic hydroxyl groups excluding tert-OH is 2. The predicted molar refractivity (Wildman–Crippen MR) is 116 cm³/mol. The Hall–Kier alpha value is -2.83. The van der Waals surface area contributed by atoms with Crippen molar-refractivity contribution in [3.05, 3.63) is 83.2 Å². The van der Waals surface area contributed by atoms with E-state index in [9.17, 15) is 14.6 Å². The van der Waals surface area contributed by atoms with Crippen LogP contribution in [0.5, 0.6) is 0 Å².